The maximum atomic E-state index is 13.6. The number of hydrogen-bond acceptors (Lipinski definition) is 4. The highest BCUT2D eigenvalue weighted by molar-refractivity contribution is 6.00. The van der Waals surface area contributed by atoms with Gasteiger partial charge >= 0.3 is 6.09 Å². The molecule has 0 fully saturated rings. The van der Waals surface area contributed by atoms with E-state index in [2.05, 4.69) is 16.7 Å². The number of ether oxygens (including phenoxy) is 1. The topological polar surface area (TPSA) is 87.7 Å². The van der Waals surface area contributed by atoms with Crippen LogP contribution >= 0.6 is 0 Å². The Morgan fingerprint density at radius 1 is 1.00 bits per heavy atom. The minimum Gasteiger partial charge on any atom is -0.444 e. The van der Waals surface area contributed by atoms with Gasteiger partial charge in [-0.15, -0.1) is 0 Å². The maximum Gasteiger partial charge on any atom is 0.408 e. The highest BCUT2D eigenvalue weighted by atomic mass is 16.6. The molecule has 180 valence electrons. The number of rotatable bonds is 7. The zero-order valence-corrected chi connectivity index (χ0v) is 20.6. The van der Waals surface area contributed by atoms with Gasteiger partial charge in [0.1, 0.15) is 17.7 Å². The van der Waals surface area contributed by atoms with Crippen LogP contribution in [0.4, 0.5) is 10.5 Å². The number of nitrogens with zero attached hydrogens (tertiary/aromatic N) is 1. The van der Waals surface area contributed by atoms with Crippen molar-refractivity contribution in [3.63, 3.8) is 0 Å². The molecule has 0 aliphatic rings. The van der Waals surface area contributed by atoms with E-state index in [1.165, 1.54) is 0 Å². The Hall–Kier alpha value is -3.79. The Morgan fingerprint density at radius 2 is 1.59 bits per heavy atom. The normalized spacial score (nSPS) is 12.8. The minimum atomic E-state index is -1.11. The van der Waals surface area contributed by atoms with E-state index < -0.39 is 35.6 Å². The molecule has 0 spiro atoms. The first-order valence-electron chi connectivity index (χ1n) is 11.1. The van der Waals surface area contributed by atoms with E-state index in [9.17, 15) is 14.4 Å². The quantitative estimate of drug-likeness (QED) is 0.462. The molecular formula is C27H33N3O4. The van der Waals surface area contributed by atoms with E-state index in [1.54, 1.807) is 65.0 Å². The fraction of sp³-hybridized carbons (Fsp3) is 0.370. The van der Waals surface area contributed by atoms with E-state index in [0.717, 1.165) is 10.5 Å². The summed E-state index contributed by atoms with van der Waals surface area (Å²) in [5.74, 6) is -1.37. The van der Waals surface area contributed by atoms with Crippen LogP contribution in [0.2, 0.25) is 0 Å². The van der Waals surface area contributed by atoms with Crippen LogP contribution in [0, 0.1) is 25.3 Å². The number of para-hydroxylation sites is 1. The molecule has 34 heavy (non-hydrogen) atoms. The molecule has 0 aliphatic carbocycles. The van der Waals surface area contributed by atoms with Gasteiger partial charge in [0.25, 0.3) is 11.8 Å². The standard InChI is InChI=1S/C27H33N3O4/c1-8-30(25(32)22(18(2)3)29-26(33)34-27(5,6)7)23(20-15-10-9-11-16-20)24(31)28-21-17-13-12-14-19(21)4/h1,9-18,22-23H,2-7H3,(H,28,31)(H,29,33). The number of benzene rings is 2. The second-order valence-corrected chi connectivity index (χ2v) is 9.32. The highest BCUT2D eigenvalue weighted by Crippen LogP contribution is 2.25. The predicted molar refractivity (Wildman–Crippen MR) is 133 cm³/mol. The molecule has 2 rings (SSSR count). The van der Waals surface area contributed by atoms with Gasteiger partial charge in [0.15, 0.2) is 0 Å². The summed E-state index contributed by atoms with van der Waals surface area (Å²) in [6, 6.07) is 16.4. The molecule has 0 aliphatic heterocycles. The molecule has 7 heteroatoms. The molecule has 0 saturated heterocycles. The SMILES string of the molecule is C#CN(C(=O)C(NC(=O)OC(C)(C)C)C(C)C)C(C(=O)Nc1ccccc1C)c1ccccc1. The van der Waals surface area contributed by atoms with Crippen LogP contribution in [-0.2, 0) is 14.3 Å². The van der Waals surface area contributed by atoms with Crippen LogP contribution in [0.15, 0.2) is 54.6 Å². The van der Waals surface area contributed by atoms with Crippen molar-refractivity contribution in [2.45, 2.75) is 59.2 Å². The molecule has 0 radical (unpaired) electrons. The van der Waals surface area contributed by atoms with Gasteiger partial charge in [-0.05, 0) is 50.8 Å². The fourth-order valence-electron chi connectivity index (χ4n) is 3.33. The van der Waals surface area contributed by atoms with Gasteiger partial charge in [-0.1, -0.05) is 68.8 Å². The number of amides is 3. The van der Waals surface area contributed by atoms with Crippen molar-refractivity contribution in [1.82, 2.24) is 10.2 Å². The molecular weight excluding hydrogens is 430 g/mol. The minimum absolute atomic E-state index is 0.313. The first-order valence-corrected chi connectivity index (χ1v) is 11.1. The van der Waals surface area contributed by atoms with Crippen LogP contribution < -0.4 is 10.6 Å². The molecule has 2 aromatic rings. The summed E-state index contributed by atoms with van der Waals surface area (Å²) in [5.41, 5.74) is 1.29. The van der Waals surface area contributed by atoms with Crippen molar-refractivity contribution in [2.24, 2.45) is 5.92 Å². The lowest BCUT2D eigenvalue weighted by Gasteiger charge is -2.31. The highest BCUT2D eigenvalue weighted by Gasteiger charge is 2.37. The summed E-state index contributed by atoms with van der Waals surface area (Å²) in [6.45, 7) is 10.6. The lowest BCUT2D eigenvalue weighted by molar-refractivity contribution is -0.137. The Kier molecular flexibility index (Phi) is 8.85. The molecule has 0 saturated carbocycles. The van der Waals surface area contributed by atoms with Crippen LogP contribution in [0.25, 0.3) is 0 Å². The van der Waals surface area contributed by atoms with Gasteiger partial charge < -0.3 is 15.4 Å². The summed E-state index contributed by atoms with van der Waals surface area (Å²) in [5, 5.41) is 5.49. The van der Waals surface area contributed by atoms with Gasteiger partial charge in [-0.3, -0.25) is 14.5 Å². The summed E-state index contributed by atoms with van der Waals surface area (Å²) in [7, 11) is 0. The van der Waals surface area contributed by atoms with Crippen LogP contribution in [-0.4, -0.2) is 34.5 Å². The van der Waals surface area contributed by atoms with Crippen LogP contribution in [0.5, 0.6) is 0 Å². The summed E-state index contributed by atoms with van der Waals surface area (Å²) in [6.07, 6.45) is 5.04. The lowest BCUT2D eigenvalue weighted by atomic mass is 9.99. The van der Waals surface area contributed by atoms with Crippen molar-refractivity contribution < 1.29 is 19.1 Å². The third kappa shape index (κ3) is 7.11. The average Bonchev–Trinajstić information content (AvgIpc) is 2.76. The van der Waals surface area contributed by atoms with Crippen LogP contribution in [0.1, 0.15) is 51.8 Å². The molecule has 2 aromatic carbocycles. The van der Waals surface area contributed by atoms with E-state index >= 15 is 0 Å². The average molecular weight is 464 g/mol. The van der Waals surface area contributed by atoms with Crippen molar-refractivity contribution in [1.29, 1.82) is 0 Å². The van der Waals surface area contributed by atoms with E-state index in [1.807, 2.05) is 31.2 Å². The third-order valence-corrected chi connectivity index (χ3v) is 5.01. The zero-order valence-electron chi connectivity index (χ0n) is 20.6. The molecule has 2 N–H and O–H groups in total. The Morgan fingerprint density at radius 3 is 2.12 bits per heavy atom. The zero-order chi connectivity index (χ0) is 25.5. The summed E-state index contributed by atoms with van der Waals surface area (Å²) < 4.78 is 5.31. The molecule has 2 atom stereocenters. The molecule has 7 nitrogen and oxygen atoms in total. The second-order valence-electron chi connectivity index (χ2n) is 9.32. The van der Waals surface area contributed by atoms with Gasteiger partial charge in [0.05, 0.1) is 0 Å². The fourth-order valence-corrected chi connectivity index (χ4v) is 3.33. The van der Waals surface area contributed by atoms with Crippen molar-refractivity contribution in [3.05, 3.63) is 65.7 Å². The summed E-state index contributed by atoms with van der Waals surface area (Å²) >= 11 is 0. The van der Waals surface area contributed by atoms with Crippen LogP contribution in [0.3, 0.4) is 0 Å². The van der Waals surface area contributed by atoms with Gasteiger partial charge in [0.2, 0.25) is 0 Å². The number of anilines is 1. The van der Waals surface area contributed by atoms with Gasteiger partial charge in [-0.25, -0.2) is 4.79 Å². The smallest absolute Gasteiger partial charge is 0.408 e. The number of hydrogen-bond donors (Lipinski definition) is 2. The monoisotopic (exact) mass is 463 g/mol. The lowest BCUT2D eigenvalue weighted by Crippen LogP contribution is -2.53. The Bertz CT molecular complexity index is 1050. The second kappa shape index (κ2) is 11.4. The van der Waals surface area contributed by atoms with Gasteiger partial charge in [-0.2, -0.15) is 0 Å². The third-order valence-electron chi connectivity index (χ3n) is 5.01. The maximum absolute atomic E-state index is 13.6. The number of carbonyl (C=O) groups excluding carboxylic acids is 3. The first kappa shape index (κ1) is 26.5. The van der Waals surface area contributed by atoms with Gasteiger partial charge in [0, 0.05) is 11.7 Å². The largest absolute Gasteiger partial charge is 0.444 e. The molecule has 0 heterocycles. The molecule has 3 amide bonds. The number of alkyl carbamates (subject to hydrolysis) is 1. The Balaban J connectivity index is 2.41. The van der Waals surface area contributed by atoms with E-state index in [0.29, 0.717) is 11.3 Å². The molecule has 0 bridgehead atoms. The van der Waals surface area contributed by atoms with E-state index in [-0.39, 0.29) is 5.92 Å². The van der Waals surface area contributed by atoms with E-state index in [4.69, 9.17) is 11.2 Å². The number of terminal acetylenes is 1. The number of nitrogens with one attached hydrogen (secondary N) is 2. The molecule has 0 aromatic heterocycles. The van der Waals surface area contributed by atoms with Crippen molar-refractivity contribution in [3.8, 4) is 12.5 Å². The number of aryl methyl sites for hydroxylation is 1. The first-order chi connectivity index (χ1) is 15.9. The number of carbonyl (C=O) groups is 3. The van der Waals surface area contributed by atoms with Crippen molar-refractivity contribution >= 4 is 23.6 Å². The Labute approximate surface area is 201 Å². The molecule has 2 unspecified atom stereocenters. The predicted octanol–water partition coefficient (Wildman–Crippen LogP) is 4.64. The summed E-state index contributed by atoms with van der Waals surface area (Å²) in [4.78, 5) is 40.5. The van der Waals surface area contributed by atoms with Crippen molar-refractivity contribution in [2.75, 3.05) is 5.32 Å².